The van der Waals surface area contributed by atoms with Crippen molar-refractivity contribution < 1.29 is 0 Å². The molecule has 0 radical (unpaired) electrons. The highest BCUT2D eigenvalue weighted by atomic mass is 14.5. The van der Waals surface area contributed by atoms with E-state index in [1.165, 1.54) is 66.8 Å². The van der Waals surface area contributed by atoms with Crippen molar-refractivity contribution >= 4 is 11.1 Å². The van der Waals surface area contributed by atoms with Gasteiger partial charge >= 0.3 is 0 Å². The molecule has 60 heavy (non-hydrogen) atoms. The van der Waals surface area contributed by atoms with Gasteiger partial charge in [0.25, 0.3) is 0 Å². The van der Waals surface area contributed by atoms with Crippen LogP contribution < -0.4 is 0 Å². The second-order valence-corrected chi connectivity index (χ2v) is 15.5. The van der Waals surface area contributed by atoms with Crippen molar-refractivity contribution in [1.82, 2.24) is 0 Å². The normalized spacial score (nSPS) is 15.1. The van der Waals surface area contributed by atoms with Crippen molar-refractivity contribution in [3.63, 3.8) is 0 Å². The van der Waals surface area contributed by atoms with Gasteiger partial charge in [0, 0.05) is 23.7 Å². The van der Waals surface area contributed by atoms with Crippen LogP contribution in [0.1, 0.15) is 56.3 Å². The smallest absolute Gasteiger partial charge is 0.0269 e. The van der Waals surface area contributed by atoms with Crippen LogP contribution in [0.3, 0.4) is 0 Å². The quantitative estimate of drug-likeness (QED) is 0.109. The molecule has 0 nitrogen and oxygen atoms in total. The minimum atomic E-state index is 0.0659. The van der Waals surface area contributed by atoms with Crippen molar-refractivity contribution in [2.75, 3.05) is 0 Å². The predicted octanol–water partition coefficient (Wildman–Crippen LogP) is 15.0. The Bertz CT molecular complexity index is 2340. The Labute approximate surface area is 355 Å². The molecule has 0 heteroatoms. The lowest BCUT2D eigenvalue weighted by atomic mass is 9.59. The Balaban J connectivity index is 1.34. The highest BCUT2D eigenvalue weighted by molar-refractivity contribution is 5.95. The fourth-order valence-corrected chi connectivity index (χ4v) is 8.96. The maximum absolute atomic E-state index is 2.53. The lowest BCUT2D eigenvalue weighted by molar-refractivity contribution is 0.524. The summed E-state index contributed by atoms with van der Waals surface area (Å²) in [4.78, 5) is 0. The first kappa shape index (κ1) is 38.2. The molecule has 2 unspecified atom stereocenters. The van der Waals surface area contributed by atoms with Crippen LogP contribution in [-0.4, -0.2) is 0 Å². The summed E-state index contributed by atoms with van der Waals surface area (Å²) < 4.78 is 0. The van der Waals surface area contributed by atoms with Crippen LogP contribution in [0.5, 0.6) is 0 Å². The molecule has 0 amide bonds. The summed E-state index contributed by atoms with van der Waals surface area (Å²) in [5.41, 5.74) is 15.2. The van der Waals surface area contributed by atoms with Crippen LogP contribution in [0.4, 0.5) is 0 Å². The molecule has 0 spiro atoms. The summed E-state index contributed by atoms with van der Waals surface area (Å²) >= 11 is 0. The van der Waals surface area contributed by atoms with Gasteiger partial charge < -0.3 is 0 Å². The average molecular weight is 769 g/mol. The second-order valence-electron chi connectivity index (χ2n) is 15.5. The van der Waals surface area contributed by atoms with Crippen molar-refractivity contribution in [2.45, 2.75) is 11.8 Å². The molecule has 8 aromatic rings. The van der Waals surface area contributed by atoms with E-state index in [9.17, 15) is 0 Å². The number of rotatable bonds is 12. The van der Waals surface area contributed by atoms with Crippen LogP contribution in [0, 0.1) is 11.8 Å². The predicted molar refractivity (Wildman–Crippen MR) is 253 cm³/mol. The van der Waals surface area contributed by atoms with Crippen molar-refractivity contribution in [3.8, 4) is 0 Å². The van der Waals surface area contributed by atoms with Gasteiger partial charge in [-0.25, -0.2) is 0 Å². The minimum Gasteiger partial charge on any atom is -0.0791 e. The summed E-state index contributed by atoms with van der Waals surface area (Å²) in [5.74, 6) is 0.312. The van der Waals surface area contributed by atoms with Gasteiger partial charge in [-0.2, -0.15) is 0 Å². The number of benzene rings is 8. The topological polar surface area (TPSA) is 0 Å². The van der Waals surface area contributed by atoms with Crippen LogP contribution in [0.25, 0.3) is 11.1 Å². The van der Waals surface area contributed by atoms with Crippen LogP contribution >= 0.6 is 0 Å². The third kappa shape index (κ3) is 8.33. The molecule has 1 aliphatic carbocycles. The summed E-state index contributed by atoms with van der Waals surface area (Å²) in [7, 11) is 0. The van der Waals surface area contributed by atoms with Gasteiger partial charge in [-0.3, -0.25) is 0 Å². The van der Waals surface area contributed by atoms with Gasteiger partial charge in [0.15, 0.2) is 0 Å². The Morgan fingerprint density at radius 3 is 0.683 bits per heavy atom. The molecule has 0 bridgehead atoms. The molecule has 0 saturated heterocycles. The standard InChI is InChI=1S/C60H48/c1-9-25-45(26-10-1)53(46-27-11-2-12-28-46)41-43-55-56(44-42-54(47-29-13-3-14-30-47)48-31-15-4-16-32-48)60(58(51-37-21-7-22-38-51)52-39-23-8-24-40-52)59(55)57(49-33-17-5-18-34-49)50-35-19-6-20-36-50/h1-44,53-56H/b43-41+,44-42+. The first-order valence-electron chi connectivity index (χ1n) is 21.1. The Morgan fingerprint density at radius 2 is 0.467 bits per heavy atom. The molecule has 1 fully saturated rings. The molecule has 288 valence electrons. The van der Waals surface area contributed by atoms with E-state index in [1.807, 2.05) is 0 Å². The molecular weight excluding hydrogens is 721 g/mol. The molecule has 0 heterocycles. The third-order valence-corrected chi connectivity index (χ3v) is 11.8. The summed E-state index contributed by atoms with van der Waals surface area (Å²) in [6.07, 6.45) is 9.99. The van der Waals surface area contributed by atoms with Gasteiger partial charge in [0.1, 0.15) is 0 Å². The molecule has 1 aliphatic rings. The van der Waals surface area contributed by atoms with E-state index >= 15 is 0 Å². The van der Waals surface area contributed by atoms with E-state index in [1.54, 1.807) is 0 Å². The average Bonchev–Trinajstić information content (AvgIpc) is 3.33. The molecule has 1 saturated carbocycles. The molecule has 0 aliphatic heterocycles. The maximum Gasteiger partial charge on any atom is 0.0269 e. The Hall–Kier alpha value is -7.28. The minimum absolute atomic E-state index is 0.0659. The van der Waals surface area contributed by atoms with Gasteiger partial charge in [0.05, 0.1) is 0 Å². The van der Waals surface area contributed by atoms with E-state index in [2.05, 4.69) is 267 Å². The van der Waals surface area contributed by atoms with E-state index < -0.39 is 0 Å². The summed E-state index contributed by atoms with van der Waals surface area (Å²) in [6.45, 7) is 0. The molecule has 2 atom stereocenters. The lowest BCUT2D eigenvalue weighted by Gasteiger charge is -2.44. The fourth-order valence-electron chi connectivity index (χ4n) is 8.96. The van der Waals surface area contributed by atoms with Gasteiger partial charge in [0.2, 0.25) is 0 Å². The molecule has 0 aromatic heterocycles. The first-order valence-corrected chi connectivity index (χ1v) is 21.1. The van der Waals surface area contributed by atoms with Crippen molar-refractivity contribution in [1.29, 1.82) is 0 Å². The fraction of sp³-hybridized carbons (Fsp3) is 0.0667. The van der Waals surface area contributed by atoms with E-state index in [4.69, 9.17) is 0 Å². The van der Waals surface area contributed by atoms with Crippen LogP contribution in [0.2, 0.25) is 0 Å². The van der Waals surface area contributed by atoms with Crippen LogP contribution in [-0.2, 0) is 0 Å². The van der Waals surface area contributed by atoms with Gasteiger partial charge in [-0.1, -0.05) is 267 Å². The zero-order chi connectivity index (χ0) is 40.4. The maximum atomic E-state index is 2.53. The highest BCUT2D eigenvalue weighted by Crippen LogP contribution is 2.56. The van der Waals surface area contributed by atoms with E-state index in [0.29, 0.717) is 0 Å². The third-order valence-electron chi connectivity index (χ3n) is 11.8. The largest absolute Gasteiger partial charge is 0.0791 e. The summed E-state index contributed by atoms with van der Waals surface area (Å²) in [6, 6.07) is 87.8. The SMILES string of the molecule is C(=C\C1C(=C(c2ccccc2)c2ccccc2)C(=C(c2ccccc2)c2ccccc2)C1/C=C/C(c1ccccc1)c1ccccc1)/C(c1ccccc1)c1ccccc1. The number of hydrogen-bond donors (Lipinski definition) is 0. The van der Waals surface area contributed by atoms with Gasteiger partial charge in [-0.15, -0.1) is 0 Å². The number of allylic oxidation sites excluding steroid dienone is 6. The monoisotopic (exact) mass is 768 g/mol. The van der Waals surface area contributed by atoms with E-state index in [0.717, 1.165) is 0 Å². The second kappa shape index (κ2) is 18.5. The Kier molecular flexibility index (Phi) is 11.8. The zero-order valence-electron chi connectivity index (χ0n) is 33.7. The molecule has 0 N–H and O–H groups in total. The van der Waals surface area contributed by atoms with Crippen molar-refractivity contribution in [3.05, 3.63) is 323 Å². The van der Waals surface area contributed by atoms with Gasteiger partial charge in [-0.05, 0) is 66.8 Å². The van der Waals surface area contributed by atoms with Crippen molar-refractivity contribution in [2.24, 2.45) is 11.8 Å². The van der Waals surface area contributed by atoms with Crippen LogP contribution in [0.15, 0.2) is 278 Å². The first-order chi connectivity index (χ1) is 29.8. The highest BCUT2D eigenvalue weighted by Gasteiger charge is 2.43. The lowest BCUT2D eigenvalue weighted by Crippen LogP contribution is -2.32. The van der Waals surface area contributed by atoms with E-state index in [-0.39, 0.29) is 23.7 Å². The molecule has 9 rings (SSSR count). The molecule has 8 aromatic carbocycles. The Morgan fingerprint density at radius 1 is 0.267 bits per heavy atom. The zero-order valence-corrected chi connectivity index (χ0v) is 33.7. The number of hydrogen-bond acceptors (Lipinski definition) is 0. The summed E-state index contributed by atoms with van der Waals surface area (Å²) in [5, 5.41) is 0. The molecular formula is C60H48.